The van der Waals surface area contributed by atoms with Crippen LogP contribution in [0.5, 0.6) is 0 Å². The fourth-order valence-electron chi connectivity index (χ4n) is 1.43. The molecule has 0 bridgehead atoms. The summed E-state index contributed by atoms with van der Waals surface area (Å²) in [6.07, 6.45) is -0.00892. The van der Waals surface area contributed by atoms with Crippen LogP contribution in [0.1, 0.15) is 5.69 Å². The summed E-state index contributed by atoms with van der Waals surface area (Å²) in [5.41, 5.74) is 1.54. The highest BCUT2D eigenvalue weighted by Crippen LogP contribution is 2.23. The van der Waals surface area contributed by atoms with Crippen molar-refractivity contribution in [1.29, 1.82) is 0 Å². The van der Waals surface area contributed by atoms with Gasteiger partial charge in [0.15, 0.2) is 0 Å². The lowest BCUT2D eigenvalue weighted by atomic mass is 10.2. The van der Waals surface area contributed by atoms with Gasteiger partial charge in [-0.2, -0.15) is 0 Å². The van der Waals surface area contributed by atoms with Gasteiger partial charge in [0.25, 0.3) is 0 Å². The zero-order chi connectivity index (χ0) is 10.1. The van der Waals surface area contributed by atoms with Crippen molar-refractivity contribution in [2.75, 3.05) is 0 Å². The molecule has 0 spiro atoms. The Labute approximate surface area is 85.3 Å². The van der Waals surface area contributed by atoms with Crippen LogP contribution in [0.15, 0.2) is 24.3 Å². The smallest absolute Gasteiger partial charge is 0.309 e. The molecule has 0 aliphatic rings. The van der Waals surface area contributed by atoms with Crippen LogP contribution in [0.3, 0.4) is 0 Å². The average Bonchev–Trinajstić information content (AvgIpc) is 2.47. The zero-order valence-corrected chi connectivity index (χ0v) is 8.01. The minimum Gasteiger partial charge on any atom is -0.481 e. The maximum Gasteiger partial charge on any atom is 0.309 e. The average molecular weight is 210 g/mol. The Morgan fingerprint density at radius 3 is 2.93 bits per heavy atom. The first-order chi connectivity index (χ1) is 6.66. The standard InChI is InChI=1S/C10H8ClNO2/c11-8-2-1-3-9-7(8)4-6(12-9)5-10(13)14/h1-4,12H,5H2,(H,13,14). The molecule has 0 saturated carbocycles. The maximum atomic E-state index is 10.5. The number of carbonyl (C=O) groups is 1. The maximum absolute atomic E-state index is 10.5. The molecule has 0 atom stereocenters. The van der Waals surface area contributed by atoms with Crippen molar-refractivity contribution in [2.45, 2.75) is 6.42 Å². The first kappa shape index (κ1) is 9.09. The van der Waals surface area contributed by atoms with Crippen LogP contribution >= 0.6 is 11.6 Å². The second-order valence-electron chi connectivity index (χ2n) is 3.07. The third-order valence-corrected chi connectivity index (χ3v) is 2.34. The van der Waals surface area contributed by atoms with Crippen LogP contribution in [0.4, 0.5) is 0 Å². The molecule has 2 N–H and O–H groups in total. The number of aromatic amines is 1. The summed E-state index contributed by atoms with van der Waals surface area (Å²) in [5, 5.41) is 10.1. The van der Waals surface area contributed by atoms with Crippen LogP contribution in [-0.2, 0) is 11.2 Å². The molecule has 2 aromatic rings. The summed E-state index contributed by atoms with van der Waals surface area (Å²) < 4.78 is 0. The molecular formula is C10H8ClNO2. The van der Waals surface area contributed by atoms with Gasteiger partial charge in [-0.05, 0) is 18.2 Å². The number of halogens is 1. The van der Waals surface area contributed by atoms with Crippen molar-refractivity contribution in [3.05, 3.63) is 35.0 Å². The molecule has 4 heteroatoms. The van der Waals surface area contributed by atoms with Crippen molar-refractivity contribution < 1.29 is 9.90 Å². The van der Waals surface area contributed by atoms with Crippen LogP contribution in [-0.4, -0.2) is 16.1 Å². The third-order valence-electron chi connectivity index (χ3n) is 2.01. The van der Waals surface area contributed by atoms with E-state index in [2.05, 4.69) is 4.98 Å². The Morgan fingerprint density at radius 1 is 1.50 bits per heavy atom. The van der Waals surface area contributed by atoms with Crippen molar-refractivity contribution in [3.8, 4) is 0 Å². The number of nitrogens with one attached hydrogen (secondary N) is 1. The summed E-state index contributed by atoms with van der Waals surface area (Å²) in [6, 6.07) is 7.24. The largest absolute Gasteiger partial charge is 0.481 e. The Bertz CT molecular complexity index is 490. The van der Waals surface area contributed by atoms with Gasteiger partial charge in [-0.3, -0.25) is 4.79 Å². The molecule has 14 heavy (non-hydrogen) atoms. The number of carboxylic acids is 1. The van der Waals surface area contributed by atoms with Crippen LogP contribution < -0.4 is 0 Å². The molecule has 1 aromatic heterocycles. The lowest BCUT2D eigenvalue weighted by Crippen LogP contribution is -1.99. The van der Waals surface area contributed by atoms with Crippen LogP contribution in [0, 0.1) is 0 Å². The number of aromatic nitrogens is 1. The predicted molar refractivity (Wildman–Crippen MR) is 54.6 cm³/mol. The Hall–Kier alpha value is -1.48. The van der Waals surface area contributed by atoms with E-state index in [0.717, 1.165) is 10.9 Å². The molecule has 0 amide bonds. The number of hydrogen-bond acceptors (Lipinski definition) is 1. The summed E-state index contributed by atoms with van der Waals surface area (Å²) in [6.45, 7) is 0. The van der Waals surface area contributed by atoms with Crippen LogP contribution in [0.25, 0.3) is 10.9 Å². The van der Waals surface area contributed by atoms with E-state index in [4.69, 9.17) is 16.7 Å². The van der Waals surface area contributed by atoms with Gasteiger partial charge in [-0.1, -0.05) is 17.7 Å². The Kier molecular flexibility index (Phi) is 2.17. The van der Waals surface area contributed by atoms with Gasteiger partial charge in [0, 0.05) is 21.6 Å². The summed E-state index contributed by atoms with van der Waals surface area (Å²) in [4.78, 5) is 13.5. The first-order valence-corrected chi connectivity index (χ1v) is 4.52. The Balaban J connectivity index is 2.51. The van der Waals surface area contributed by atoms with E-state index >= 15 is 0 Å². The van der Waals surface area contributed by atoms with Gasteiger partial charge in [0.2, 0.25) is 0 Å². The van der Waals surface area contributed by atoms with Gasteiger partial charge in [0.05, 0.1) is 6.42 Å². The molecule has 72 valence electrons. The highest BCUT2D eigenvalue weighted by molar-refractivity contribution is 6.35. The number of carboxylic acid groups (broad SMARTS) is 1. The SMILES string of the molecule is O=C(O)Cc1cc2c(Cl)cccc2[nH]1. The molecule has 2 rings (SSSR count). The number of H-pyrrole nitrogens is 1. The highest BCUT2D eigenvalue weighted by Gasteiger charge is 2.06. The molecule has 0 unspecified atom stereocenters. The first-order valence-electron chi connectivity index (χ1n) is 4.15. The number of hydrogen-bond donors (Lipinski definition) is 2. The van der Waals surface area contributed by atoms with E-state index < -0.39 is 5.97 Å². The minimum absolute atomic E-state index is 0.00892. The quantitative estimate of drug-likeness (QED) is 0.798. The van der Waals surface area contributed by atoms with Crippen molar-refractivity contribution in [2.24, 2.45) is 0 Å². The zero-order valence-electron chi connectivity index (χ0n) is 7.25. The molecule has 1 aromatic carbocycles. The van der Waals surface area contributed by atoms with Gasteiger partial charge in [0.1, 0.15) is 0 Å². The fourth-order valence-corrected chi connectivity index (χ4v) is 1.66. The molecule has 0 aliphatic carbocycles. The lowest BCUT2D eigenvalue weighted by Gasteiger charge is -1.90. The second-order valence-corrected chi connectivity index (χ2v) is 3.47. The monoisotopic (exact) mass is 209 g/mol. The van der Waals surface area contributed by atoms with Gasteiger partial charge in [-0.25, -0.2) is 0 Å². The summed E-state index contributed by atoms with van der Waals surface area (Å²) in [5.74, 6) is -0.854. The molecule has 3 nitrogen and oxygen atoms in total. The van der Waals surface area contributed by atoms with Gasteiger partial charge >= 0.3 is 5.97 Å². The molecule has 0 radical (unpaired) electrons. The highest BCUT2D eigenvalue weighted by atomic mass is 35.5. The van der Waals surface area contributed by atoms with E-state index in [0.29, 0.717) is 10.7 Å². The summed E-state index contributed by atoms with van der Waals surface area (Å²) in [7, 11) is 0. The normalized spacial score (nSPS) is 10.6. The minimum atomic E-state index is -0.854. The fraction of sp³-hybridized carbons (Fsp3) is 0.100. The van der Waals surface area contributed by atoms with Crippen molar-refractivity contribution >= 4 is 28.5 Å². The van der Waals surface area contributed by atoms with Gasteiger partial charge in [-0.15, -0.1) is 0 Å². The number of rotatable bonds is 2. The van der Waals surface area contributed by atoms with E-state index in [9.17, 15) is 4.79 Å². The number of aliphatic carboxylic acids is 1. The van der Waals surface area contributed by atoms with E-state index in [1.165, 1.54) is 0 Å². The predicted octanol–water partition coefficient (Wildman–Crippen LogP) is 2.45. The number of benzene rings is 1. The lowest BCUT2D eigenvalue weighted by molar-refractivity contribution is -0.136. The molecule has 0 fully saturated rings. The van der Waals surface area contributed by atoms with Crippen molar-refractivity contribution in [1.82, 2.24) is 4.98 Å². The molecule has 0 saturated heterocycles. The molecule has 0 aliphatic heterocycles. The Morgan fingerprint density at radius 2 is 2.29 bits per heavy atom. The van der Waals surface area contributed by atoms with E-state index in [1.807, 2.05) is 12.1 Å². The molecule has 1 heterocycles. The van der Waals surface area contributed by atoms with E-state index in [-0.39, 0.29) is 6.42 Å². The molecular weight excluding hydrogens is 202 g/mol. The van der Waals surface area contributed by atoms with Gasteiger partial charge < -0.3 is 10.1 Å². The van der Waals surface area contributed by atoms with Crippen LogP contribution in [0.2, 0.25) is 5.02 Å². The van der Waals surface area contributed by atoms with Crippen molar-refractivity contribution in [3.63, 3.8) is 0 Å². The second kappa shape index (κ2) is 3.35. The summed E-state index contributed by atoms with van der Waals surface area (Å²) >= 11 is 5.94. The topological polar surface area (TPSA) is 53.1 Å². The number of fused-ring (bicyclic) bond motifs is 1. The third kappa shape index (κ3) is 1.59. The van der Waals surface area contributed by atoms with E-state index in [1.54, 1.807) is 12.1 Å².